The molecule has 1 heterocycles. The van der Waals surface area contributed by atoms with E-state index in [1.54, 1.807) is 0 Å². The standard InChI is InChI=1S/C5H12NP.C2H6/c1-5-2-3-6(7)4-5;1-2/h5H,2-4,7H2,1H3;1-2H3/t5-;/m1./s1. The molecule has 56 valence electrons. The third-order valence-electron chi connectivity index (χ3n) is 1.46. The molecule has 0 aliphatic carbocycles. The smallest absolute Gasteiger partial charge is 0.00424 e. The predicted molar refractivity (Wildman–Crippen MR) is 46.4 cm³/mol. The molecular weight excluding hydrogens is 129 g/mol. The molecule has 0 aromatic rings. The first-order valence-corrected chi connectivity index (χ1v) is 4.30. The Morgan fingerprint density at radius 2 is 2.00 bits per heavy atom. The van der Waals surface area contributed by atoms with Crippen molar-refractivity contribution in [1.29, 1.82) is 0 Å². The Balaban J connectivity index is 0.000000291. The topological polar surface area (TPSA) is 3.24 Å². The van der Waals surface area contributed by atoms with E-state index in [0.29, 0.717) is 0 Å². The fourth-order valence-electron chi connectivity index (χ4n) is 0.969. The first-order valence-electron chi connectivity index (χ1n) is 3.78. The molecule has 1 aliphatic heterocycles. The summed E-state index contributed by atoms with van der Waals surface area (Å²) in [6, 6.07) is 0. The van der Waals surface area contributed by atoms with Crippen LogP contribution in [0.3, 0.4) is 0 Å². The van der Waals surface area contributed by atoms with Crippen LogP contribution in [0.25, 0.3) is 0 Å². The number of hydrogen-bond donors (Lipinski definition) is 0. The van der Waals surface area contributed by atoms with Crippen LogP contribution < -0.4 is 0 Å². The van der Waals surface area contributed by atoms with E-state index in [0.717, 1.165) is 5.92 Å². The maximum Gasteiger partial charge on any atom is 0.00424 e. The molecule has 1 fully saturated rings. The molecule has 0 saturated carbocycles. The van der Waals surface area contributed by atoms with E-state index >= 15 is 0 Å². The Bertz CT molecular complexity index is 57.9. The molecule has 0 aromatic heterocycles. The summed E-state index contributed by atoms with van der Waals surface area (Å²) < 4.78 is 2.30. The van der Waals surface area contributed by atoms with Crippen LogP contribution in [-0.2, 0) is 0 Å². The molecule has 0 amide bonds. The van der Waals surface area contributed by atoms with Crippen LogP contribution in [0.2, 0.25) is 0 Å². The Hall–Kier alpha value is 0.390. The predicted octanol–water partition coefficient (Wildman–Crippen LogP) is 2.14. The molecule has 1 saturated heterocycles. The van der Waals surface area contributed by atoms with E-state index in [2.05, 4.69) is 21.0 Å². The van der Waals surface area contributed by atoms with Gasteiger partial charge >= 0.3 is 0 Å². The van der Waals surface area contributed by atoms with Crippen molar-refractivity contribution in [3.05, 3.63) is 0 Å². The zero-order chi connectivity index (χ0) is 7.28. The fraction of sp³-hybridized carbons (Fsp3) is 1.00. The summed E-state index contributed by atoms with van der Waals surface area (Å²) in [6.45, 7) is 8.83. The number of nitrogens with zero attached hydrogens (tertiary/aromatic N) is 1. The third-order valence-corrected chi connectivity index (χ3v) is 1.92. The Morgan fingerprint density at radius 3 is 2.11 bits per heavy atom. The molecule has 1 unspecified atom stereocenters. The molecule has 1 rings (SSSR count). The van der Waals surface area contributed by atoms with Gasteiger partial charge in [0.2, 0.25) is 0 Å². The van der Waals surface area contributed by atoms with E-state index in [-0.39, 0.29) is 0 Å². The van der Waals surface area contributed by atoms with Gasteiger partial charge in [-0.15, -0.1) is 0 Å². The summed E-state index contributed by atoms with van der Waals surface area (Å²) >= 11 is 0. The second kappa shape index (κ2) is 5.20. The van der Waals surface area contributed by atoms with Crippen molar-refractivity contribution in [2.45, 2.75) is 27.2 Å². The molecule has 0 N–H and O–H groups in total. The summed E-state index contributed by atoms with van der Waals surface area (Å²) in [5.41, 5.74) is 0. The van der Waals surface area contributed by atoms with Gasteiger partial charge in [-0.3, -0.25) is 4.67 Å². The molecule has 2 atom stereocenters. The fourth-order valence-corrected chi connectivity index (χ4v) is 1.48. The van der Waals surface area contributed by atoms with Gasteiger partial charge in [-0.2, -0.15) is 0 Å². The van der Waals surface area contributed by atoms with Crippen LogP contribution >= 0.6 is 9.39 Å². The lowest BCUT2D eigenvalue weighted by molar-refractivity contribution is 0.549. The first-order chi connectivity index (χ1) is 4.29. The van der Waals surface area contributed by atoms with E-state index in [9.17, 15) is 0 Å². The van der Waals surface area contributed by atoms with Gasteiger partial charge in [0.1, 0.15) is 0 Å². The summed E-state index contributed by atoms with van der Waals surface area (Å²) in [5, 5.41) is 0. The second-order valence-electron chi connectivity index (χ2n) is 2.39. The van der Waals surface area contributed by atoms with Crippen LogP contribution in [-0.4, -0.2) is 17.8 Å². The van der Waals surface area contributed by atoms with Crippen molar-refractivity contribution in [2.24, 2.45) is 5.92 Å². The molecule has 2 heteroatoms. The van der Waals surface area contributed by atoms with Crippen LogP contribution in [0.5, 0.6) is 0 Å². The maximum absolute atomic E-state index is 2.73. The highest BCUT2D eigenvalue weighted by molar-refractivity contribution is 7.13. The Kier molecular flexibility index (Phi) is 5.42. The summed E-state index contributed by atoms with van der Waals surface area (Å²) in [6.07, 6.45) is 1.38. The lowest BCUT2D eigenvalue weighted by atomic mass is 10.2. The molecule has 0 bridgehead atoms. The van der Waals surface area contributed by atoms with Crippen molar-refractivity contribution in [1.82, 2.24) is 4.67 Å². The van der Waals surface area contributed by atoms with Crippen LogP contribution in [0.1, 0.15) is 27.2 Å². The van der Waals surface area contributed by atoms with Gasteiger partial charge in [-0.25, -0.2) is 0 Å². The highest BCUT2D eigenvalue weighted by Gasteiger charge is 2.13. The summed E-state index contributed by atoms with van der Waals surface area (Å²) in [7, 11) is 2.73. The van der Waals surface area contributed by atoms with E-state index in [1.807, 2.05) is 13.8 Å². The summed E-state index contributed by atoms with van der Waals surface area (Å²) in [4.78, 5) is 0. The second-order valence-corrected chi connectivity index (χ2v) is 3.12. The van der Waals surface area contributed by atoms with Gasteiger partial charge in [0.15, 0.2) is 0 Å². The average molecular weight is 147 g/mol. The van der Waals surface area contributed by atoms with E-state index < -0.39 is 0 Å². The van der Waals surface area contributed by atoms with Crippen LogP contribution in [0.15, 0.2) is 0 Å². The maximum atomic E-state index is 2.73. The van der Waals surface area contributed by atoms with Gasteiger partial charge in [0, 0.05) is 13.1 Å². The summed E-state index contributed by atoms with van der Waals surface area (Å²) in [5.74, 6) is 0.928. The zero-order valence-corrected chi connectivity index (χ0v) is 7.88. The van der Waals surface area contributed by atoms with Crippen molar-refractivity contribution in [2.75, 3.05) is 13.1 Å². The Morgan fingerprint density at radius 1 is 1.44 bits per heavy atom. The molecule has 1 nitrogen and oxygen atoms in total. The normalized spacial score (nSPS) is 27.3. The molecular formula is C7H18NP. The lowest BCUT2D eigenvalue weighted by Crippen LogP contribution is -2.04. The zero-order valence-electron chi connectivity index (χ0n) is 6.72. The monoisotopic (exact) mass is 147 g/mol. The molecule has 9 heavy (non-hydrogen) atoms. The average Bonchev–Trinajstić information content (AvgIpc) is 2.20. The van der Waals surface area contributed by atoms with Crippen molar-refractivity contribution >= 4 is 9.39 Å². The third kappa shape index (κ3) is 3.89. The highest BCUT2D eigenvalue weighted by atomic mass is 31.0. The van der Waals surface area contributed by atoms with Gasteiger partial charge in [-0.05, 0) is 12.3 Å². The largest absolute Gasteiger partial charge is 0.287 e. The van der Waals surface area contributed by atoms with Crippen molar-refractivity contribution < 1.29 is 0 Å². The number of rotatable bonds is 0. The van der Waals surface area contributed by atoms with Gasteiger partial charge in [0.25, 0.3) is 0 Å². The van der Waals surface area contributed by atoms with Gasteiger partial charge in [0.05, 0.1) is 0 Å². The minimum absolute atomic E-state index is 0.928. The Labute approximate surface area is 61.1 Å². The molecule has 0 aromatic carbocycles. The van der Waals surface area contributed by atoms with E-state index in [4.69, 9.17) is 0 Å². The van der Waals surface area contributed by atoms with E-state index in [1.165, 1.54) is 19.5 Å². The minimum Gasteiger partial charge on any atom is -0.287 e. The molecule has 1 aliphatic rings. The van der Waals surface area contributed by atoms with Gasteiger partial charge < -0.3 is 0 Å². The first kappa shape index (κ1) is 9.39. The van der Waals surface area contributed by atoms with Gasteiger partial charge in [-0.1, -0.05) is 30.2 Å². The van der Waals surface area contributed by atoms with Crippen molar-refractivity contribution in [3.8, 4) is 0 Å². The SMILES string of the molecule is CC.C[C@@H]1CCN(P)C1. The number of hydrogen-bond acceptors (Lipinski definition) is 1. The minimum atomic E-state index is 0.928. The molecule has 0 radical (unpaired) electrons. The quantitative estimate of drug-likeness (QED) is 0.474. The van der Waals surface area contributed by atoms with Crippen LogP contribution in [0.4, 0.5) is 0 Å². The van der Waals surface area contributed by atoms with Crippen molar-refractivity contribution in [3.63, 3.8) is 0 Å². The highest BCUT2D eigenvalue weighted by Crippen LogP contribution is 2.17. The van der Waals surface area contributed by atoms with Crippen LogP contribution in [0, 0.1) is 5.92 Å². The molecule has 0 spiro atoms. The lowest BCUT2D eigenvalue weighted by Gasteiger charge is -2.03.